The van der Waals surface area contributed by atoms with Crippen LogP contribution < -0.4 is 14.2 Å². The van der Waals surface area contributed by atoms with Crippen LogP contribution in [0.25, 0.3) is 54.5 Å². The molecular weight excluding hydrogens is 1960 g/mol. The number of hydrogen-bond donors (Lipinski definition) is 5. The smallest absolute Gasteiger partial charge is 0.410 e. The third-order valence-electron chi connectivity index (χ3n) is 24.7. The Bertz CT molecular complexity index is 6980. The minimum atomic E-state index is -0.783. The van der Waals surface area contributed by atoms with Gasteiger partial charge in [-0.3, -0.25) is 24.5 Å². The molecule has 0 saturated heterocycles. The number of carbonyl (C=O) groups excluding carboxylic acids is 5. The molecule has 0 aliphatic carbocycles. The Kier molecular flexibility index (Phi) is 30.0. The van der Waals surface area contributed by atoms with Crippen molar-refractivity contribution in [1.82, 2.24) is 49.4 Å². The van der Waals surface area contributed by atoms with Crippen LogP contribution in [0.2, 0.25) is 20.1 Å². The van der Waals surface area contributed by atoms with Gasteiger partial charge in [0.05, 0.1) is 38.0 Å². The number of hydrogen-bond acceptors (Lipinski definition) is 13. The average Bonchev–Trinajstić information content (AvgIpc) is 1.60. The van der Waals surface area contributed by atoms with Gasteiger partial charge in [-0.25, -0.2) is 37.1 Å². The van der Waals surface area contributed by atoms with Crippen LogP contribution in [-0.2, 0) is 55.8 Å². The molecule has 0 spiro atoms. The lowest BCUT2D eigenvalue weighted by Crippen LogP contribution is -2.41. The van der Waals surface area contributed by atoms with E-state index in [1.807, 2.05) is 177 Å². The highest BCUT2D eigenvalue weighted by Crippen LogP contribution is 2.48. The average molecular weight is 2050 g/mol. The fourth-order valence-electron chi connectivity index (χ4n) is 19.0. The first-order valence-electron chi connectivity index (χ1n) is 44.2. The second kappa shape index (κ2) is 42.7. The minimum Gasteiger partial charge on any atom is -0.497 e. The quantitative estimate of drug-likeness (QED) is 0.0502. The monoisotopic (exact) mass is 2040 g/mol. The number of alkyl halides is 3. The Morgan fingerprint density at radius 1 is 0.368 bits per heavy atom. The summed E-state index contributed by atoms with van der Waals surface area (Å²) in [6.45, 7) is 7.26. The topological polar surface area (TPSA) is 254 Å². The molecule has 0 bridgehead atoms. The van der Waals surface area contributed by atoms with Crippen molar-refractivity contribution >= 4 is 182 Å². The lowest BCUT2D eigenvalue weighted by atomic mass is 9.92. The molecule has 11 heterocycles. The highest BCUT2D eigenvalue weighted by atomic mass is 79.9. The number of methoxy groups -OCH3 is 1. The van der Waals surface area contributed by atoms with Gasteiger partial charge in [0.2, 0.25) is 6.79 Å². The van der Waals surface area contributed by atoms with E-state index in [4.69, 9.17) is 119 Å². The summed E-state index contributed by atoms with van der Waals surface area (Å²) < 4.78 is 86.1. The van der Waals surface area contributed by atoms with Gasteiger partial charge in [-0.2, -0.15) is 0 Å². The Labute approximate surface area is 823 Å². The van der Waals surface area contributed by atoms with Crippen molar-refractivity contribution in [3.05, 3.63) is 332 Å². The third kappa shape index (κ3) is 20.1. The maximum atomic E-state index is 14.6. The van der Waals surface area contributed by atoms with Crippen molar-refractivity contribution in [3.8, 4) is 17.2 Å². The van der Waals surface area contributed by atoms with Gasteiger partial charge >= 0.3 is 30.5 Å². The zero-order valence-corrected chi connectivity index (χ0v) is 80.5. The second-order valence-corrected chi connectivity index (χ2v) is 36.4. The van der Waals surface area contributed by atoms with Crippen LogP contribution in [0, 0.1) is 17.5 Å². The summed E-state index contributed by atoms with van der Waals surface area (Å²) in [4.78, 5) is 88.8. The predicted octanol–water partition coefficient (Wildman–Crippen LogP) is 25.5. The van der Waals surface area contributed by atoms with Crippen LogP contribution in [0.4, 0.5) is 37.1 Å². The maximum Gasteiger partial charge on any atom is 0.410 e. The standard InChI is InChI=1S/C21H20Cl2N2O3.C21H19ClN2O4.C20H17BrF2N2O2.C20H17Cl2FN2O2.C20H18Cl2N2O2/c1-27-15-4-2-3-13(11-15)20-19-16(7-9-25(20)21(26)28-10-8-22)17-12-14(23)5-6-18(17)24-19;1-2-26-21(25)24-8-7-14-15-10-13(22)4-5-16(15)23-19(14)20(24)12-3-6-17-18(9-12)28-11-27-17;1-2-27-20(26)25-8-7-13-14-9-11(21)3-6-17(14)24-18(13)19(25)15-10-12(22)4-5-16(15)23;21-7-9-27-20(26)25-8-6-15-16-11-13(22)4-5-17(16)24-18(15)19(25)12-2-1-3-14(23)10-12;21-9-11-26-20(25)24-10-8-15-16-12-14(22)6-7-17(16)23-18(15)19(24)13-4-2-1-3-5-13/h2-6,11-12,20,24H,7-10H2,1H3;3-6,9-10,20,23H,2,7-8,11H2,1H3;3-6,9-10,19,24H,2,7-8H2,1H3;1-5,10-11,19,24H,6-9H2;1-7,12,19,23H,8-11H2. The lowest BCUT2D eigenvalue weighted by molar-refractivity contribution is 0.0919. The minimum absolute atomic E-state index is 0.106. The molecule has 5 aromatic heterocycles. The normalized spacial score (nSPS) is 16.6. The Morgan fingerprint density at radius 3 is 1.13 bits per heavy atom. The van der Waals surface area contributed by atoms with E-state index in [9.17, 15) is 37.1 Å². The lowest BCUT2D eigenvalue weighted by Gasteiger charge is -2.35. The van der Waals surface area contributed by atoms with E-state index in [-0.39, 0.29) is 98.6 Å². The summed E-state index contributed by atoms with van der Waals surface area (Å²) in [5.41, 5.74) is 18.7. The first kappa shape index (κ1) is 95.7. The summed E-state index contributed by atoms with van der Waals surface area (Å²) in [6, 6.07) is 59.9. The van der Waals surface area contributed by atoms with E-state index in [2.05, 4.69) is 40.8 Å². The molecule has 0 radical (unpaired) electrons. The van der Waals surface area contributed by atoms with Gasteiger partial charge in [0.25, 0.3) is 0 Å². The van der Waals surface area contributed by atoms with Crippen LogP contribution in [-0.4, -0.2) is 177 Å². The molecule has 6 aliphatic rings. The Hall–Kier alpha value is -12.1. The Morgan fingerprint density at radius 2 is 0.721 bits per heavy atom. The number of ether oxygens (including phenoxy) is 8. The number of halogens is 11. The van der Waals surface area contributed by atoms with Crippen molar-refractivity contribution in [2.45, 2.75) is 76.2 Å². The predicted molar refractivity (Wildman–Crippen MR) is 526 cm³/mol. The molecule has 0 fully saturated rings. The summed E-state index contributed by atoms with van der Waals surface area (Å²) >= 11 is 45.3. The van der Waals surface area contributed by atoms with E-state index < -0.39 is 35.9 Å². The molecule has 704 valence electrons. The first-order chi connectivity index (χ1) is 66.0. The fourth-order valence-corrected chi connectivity index (χ4v) is 20.2. The highest BCUT2D eigenvalue weighted by molar-refractivity contribution is 9.10. The van der Waals surface area contributed by atoms with E-state index in [1.165, 1.54) is 33.7 Å². The molecule has 5 amide bonds. The molecule has 23 nitrogen and oxygen atoms in total. The number of H-pyrrole nitrogens is 5. The summed E-state index contributed by atoms with van der Waals surface area (Å²) in [6.07, 6.45) is 1.38. The molecule has 136 heavy (non-hydrogen) atoms. The molecule has 6 aliphatic heterocycles. The number of fused-ring (bicyclic) bond motifs is 16. The van der Waals surface area contributed by atoms with Gasteiger partial charge in [0.1, 0.15) is 73.2 Å². The van der Waals surface area contributed by atoms with Crippen molar-refractivity contribution in [1.29, 1.82) is 0 Å². The SMILES string of the molecule is CCOC(=O)N1CCc2c([nH]c3ccc(Br)cc23)C1c1cc(F)ccc1F.CCOC(=O)N1CCc2c([nH]c3ccc(Cl)cc23)C1c1ccc2c(c1)OCO2.COc1cccc(C2c3[nH]c4ccc(Cl)cc4c3CCN2C(=O)OCCCl)c1.O=C(OCCCl)N1CCc2c([nH]c3ccc(Cl)cc23)C1c1cccc(F)c1.O=C(OCCCl)N1CCc2c([nH]c3ccc(Cl)cc23)C1c1ccccc1. The molecule has 5 unspecified atom stereocenters. The zero-order chi connectivity index (χ0) is 95.1. The van der Waals surface area contributed by atoms with E-state index in [0.29, 0.717) is 101 Å². The maximum absolute atomic E-state index is 14.6. The van der Waals surface area contributed by atoms with Crippen LogP contribution in [0.1, 0.15) is 128 Å². The number of rotatable bonds is 14. The zero-order valence-electron chi connectivity index (χ0n) is 73.7. The van der Waals surface area contributed by atoms with Gasteiger partial charge in [-0.05, 0) is 242 Å². The number of aromatic nitrogens is 5. The van der Waals surface area contributed by atoms with E-state index in [1.54, 1.807) is 39.7 Å². The Balaban J connectivity index is 0.000000118. The molecule has 34 heteroatoms. The third-order valence-corrected chi connectivity index (χ3v) is 26.6. The number of amides is 5. The summed E-state index contributed by atoms with van der Waals surface area (Å²) in [7, 11) is 1.63. The van der Waals surface area contributed by atoms with Crippen LogP contribution in [0.15, 0.2) is 211 Å². The number of nitrogens with one attached hydrogen (secondary N) is 5. The number of aromatic amines is 5. The van der Waals surface area contributed by atoms with E-state index >= 15 is 0 Å². The largest absolute Gasteiger partial charge is 0.497 e. The van der Waals surface area contributed by atoms with Gasteiger partial charge < -0.3 is 62.8 Å². The molecule has 5 N–H and O–H groups in total. The number of nitrogens with zero attached hydrogens (tertiary/aromatic N) is 5. The molecule has 10 aromatic carbocycles. The molecule has 5 atom stereocenters. The first-order valence-corrected chi connectivity index (χ1v) is 48.1. The van der Waals surface area contributed by atoms with Crippen LogP contribution >= 0.6 is 97.1 Å². The highest BCUT2D eigenvalue weighted by Gasteiger charge is 2.43. The van der Waals surface area contributed by atoms with Crippen molar-refractivity contribution in [2.75, 3.05) is 97.3 Å². The van der Waals surface area contributed by atoms with Gasteiger partial charge in [0.15, 0.2) is 11.5 Å². The van der Waals surface area contributed by atoms with Gasteiger partial charge in [0, 0.05) is 146 Å². The summed E-state index contributed by atoms with van der Waals surface area (Å²) in [5, 5.41) is 8.06. The summed E-state index contributed by atoms with van der Waals surface area (Å²) in [5.74, 6) is 1.43. The van der Waals surface area contributed by atoms with Crippen molar-refractivity contribution < 1.29 is 75.0 Å². The van der Waals surface area contributed by atoms with Crippen molar-refractivity contribution in [3.63, 3.8) is 0 Å². The van der Waals surface area contributed by atoms with Crippen LogP contribution in [0.3, 0.4) is 0 Å². The molecule has 15 aromatic rings. The molecule has 21 rings (SSSR count). The van der Waals surface area contributed by atoms with Gasteiger partial charge in [-0.15, -0.1) is 34.8 Å². The molecule has 0 saturated carbocycles. The molecular formula is C102H91BrCl7F3N10O13. The fraction of sp³-hybridized carbons (Fsp3) is 0.265. The van der Waals surface area contributed by atoms with Gasteiger partial charge in [-0.1, -0.05) is 123 Å². The second-order valence-electron chi connectivity index (χ2n) is 32.6. The number of benzene rings is 10. The van der Waals surface area contributed by atoms with Crippen molar-refractivity contribution in [2.24, 2.45) is 0 Å². The number of carbonyl (C=O) groups is 5. The van der Waals surface area contributed by atoms with E-state index in [0.717, 1.165) is 146 Å². The van der Waals surface area contributed by atoms with Crippen LogP contribution in [0.5, 0.6) is 17.2 Å².